The molecule has 1 aliphatic carbocycles. The van der Waals surface area contributed by atoms with Gasteiger partial charge in [0.25, 0.3) is 0 Å². The minimum absolute atomic E-state index is 0.944. The molecule has 1 rings (SSSR count). The highest BCUT2D eigenvalue weighted by atomic mass is 14.4. The Morgan fingerprint density at radius 1 is 1.30 bits per heavy atom. The molecule has 0 spiro atoms. The molecule has 0 amide bonds. The summed E-state index contributed by atoms with van der Waals surface area (Å²) in [5, 5.41) is 0. The van der Waals surface area contributed by atoms with Crippen LogP contribution in [0.2, 0.25) is 0 Å². The van der Waals surface area contributed by atoms with E-state index in [1.54, 1.807) is 0 Å². The van der Waals surface area contributed by atoms with Gasteiger partial charge in [-0.1, -0.05) is 41.0 Å². The Morgan fingerprint density at radius 3 is 1.90 bits per heavy atom. The summed E-state index contributed by atoms with van der Waals surface area (Å²) in [5.74, 6) is 3.12. The van der Waals surface area contributed by atoms with Gasteiger partial charge in [-0.2, -0.15) is 0 Å². The van der Waals surface area contributed by atoms with Crippen LogP contribution in [0.5, 0.6) is 0 Å². The van der Waals surface area contributed by atoms with Gasteiger partial charge in [-0.05, 0) is 24.2 Å². The van der Waals surface area contributed by atoms with Crippen LogP contribution < -0.4 is 0 Å². The third-order valence-electron chi connectivity index (χ3n) is 2.36. The predicted molar refractivity (Wildman–Crippen MR) is 48.1 cm³/mol. The Kier molecular flexibility index (Phi) is 4.76. The lowest BCUT2D eigenvalue weighted by molar-refractivity contribution is 0.512. The van der Waals surface area contributed by atoms with Crippen molar-refractivity contribution >= 4 is 0 Å². The zero-order chi connectivity index (χ0) is 8.15. The average Bonchev–Trinajstić information content (AvgIpc) is 2.70. The fourth-order valence-electron chi connectivity index (χ4n) is 1.56. The first-order valence-corrected chi connectivity index (χ1v) is 4.75. The van der Waals surface area contributed by atoms with E-state index in [0.717, 1.165) is 17.8 Å². The Morgan fingerprint density at radius 2 is 1.80 bits per heavy atom. The maximum atomic E-state index is 2.33. The van der Waals surface area contributed by atoms with Crippen molar-refractivity contribution in [2.45, 2.75) is 47.5 Å². The van der Waals surface area contributed by atoms with Crippen LogP contribution in [0.25, 0.3) is 0 Å². The van der Waals surface area contributed by atoms with Crippen molar-refractivity contribution in [1.82, 2.24) is 0 Å². The van der Waals surface area contributed by atoms with Crippen molar-refractivity contribution in [3.05, 3.63) is 0 Å². The average molecular weight is 142 g/mol. The van der Waals surface area contributed by atoms with Crippen LogP contribution in [-0.4, -0.2) is 0 Å². The number of hydrogen-bond donors (Lipinski definition) is 0. The Balaban J connectivity index is 0.000000371. The molecule has 1 saturated carbocycles. The SMILES string of the molecule is CC.CCC1CC1C(C)C. The van der Waals surface area contributed by atoms with E-state index < -0.39 is 0 Å². The lowest BCUT2D eigenvalue weighted by atomic mass is 10.1. The molecule has 10 heavy (non-hydrogen) atoms. The highest BCUT2D eigenvalue weighted by Crippen LogP contribution is 2.45. The van der Waals surface area contributed by atoms with Crippen LogP contribution in [0.1, 0.15) is 47.5 Å². The van der Waals surface area contributed by atoms with Gasteiger partial charge in [-0.3, -0.25) is 0 Å². The number of hydrogen-bond acceptors (Lipinski definition) is 0. The highest BCUT2D eigenvalue weighted by molar-refractivity contribution is 4.86. The minimum atomic E-state index is 0.944. The van der Waals surface area contributed by atoms with Crippen molar-refractivity contribution in [1.29, 1.82) is 0 Å². The van der Waals surface area contributed by atoms with Crippen LogP contribution in [0.4, 0.5) is 0 Å². The Bertz CT molecular complexity index is 74.1. The van der Waals surface area contributed by atoms with Crippen molar-refractivity contribution in [3.63, 3.8) is 0 Å². The smallest absolute Gasteiger partial charge is 0.0360 e. The number of rotatable bonds is 2. The standard InChI is InChI=1S/C8H16.C2H6/c1-4-7-5-8(7)6(2)3;1-2/h6-8H,4-5H2,1-3H3;1-2H3. The van der Waals surface area contributed by atoms with Gasteiger partial charge in [-0.25, -0.2) is 0 Å². The van der Waals surface area contributed by atoms with E-state index in [0.29, 0.717) is 0 Å². The fraction of sp³-hybridized carbons (Fsp3) is 1.00. The lowest BCUT2D eigenvalue weighted by Gasteiger charge is -1.98. The van der Waals surface area contributed by atoms with E-state index in [1.807, 2.05) is 13.8 Å². The first kappa shape index (κ1) is 10.0. The van der Waals surface area contributed by atoms with Crippen LogP contribution in [0, 0.1) is 17.8 Å². The molecule has 0 aromatic carbocycles. The molecule has 0 aromatic heterocycles. The van der Waals surface area contributed by atoms with Crippen LogP contribution in [-0.2, 0) is 0 Å². The van der Waals surface area contributed by atoms with Crippen molar-refractivity contribution in [2.24, 2.45) is 17.8 Å². The summed E-state index contributed by atoms with van der Waals surface area (Å²) in [4.78, 5) is 0. The summed E-state index contributed by atoms with van der Waals surface area (Å²) in [6.07, 6.45) is 2.91. The van der Waals surface area contributed by atoms with Crippen molar-refractivity contribution in [2.75, 3.05) is 0 Å². The van der Waals surface area contributed by atoms with Crippen LogP contribution in [0.15, 0.2) is 0 Å². The summed E-state index contributed by atoms with van der Waals surface area (Å²) >= 11 is 0. The molecule has 0 saturated heterocycles. The third-order valence-corrected chi connectivity index (χ3v) is 2.36. The molecule has 0 heteroatoms. The van der Waals surface area contributed by atoms with E-state index in [-0.39, 0.29) is 0 Å². The topological polar surface area (TPSA) is 0 Å². The molecule has 0 bridgehead atoms. The molecule has 1 aliphatic rings. The first-order valence-electron chi connectivity index (χ1n) is 4.75. The largest absolute Gasteiger partial charge is 0.0683 e. The van der Waals surface area contributed by atoms with Gasteiger partial charge in [-0.15, -0.1) is 0 Å². The van der Waals surface area contributed by atoms with E-state index in [9.17, 15) is 0 Å². The molecule has 62 valence electrons. The maximum Gasteiger partial charge on any atom is -0.0360 e. The highest BCUT2D eigenvalue weighted by Gasteiger charge is 2.36. The molecular formula is C10H22. The van der Waals surface area contributed by atoms with Gasteiger partial charge in [0.15, 0.2) is 0 Å². The van der Waals surface area contributed by atoms with E-state index >= 15 is 0 Å². The fourth-order valence-corrected chi connectivity index (χ4v) is 1.56. The zero-order valence-corrected chi connectivity index (χ0v) is 8.15. The molecule has 0 nitrogen and oxygen atoms in total. The third kappa shape index (κ3) is 2.72. The molecule has 2 unspecified atom stereocenters. The van der Waals surface area contributed by atoms with Crippen LogP contribution >= 0.6 is 0 Å². The van der Waals surface area contributed by atoms with Crippen LogP contribution in [0.3, 0.4) is 0 Å². The minimum Gasteiger partial charge on any atom is -0.0683 e. The molecule has 2 atom stereocenters. The Hall–Kier alpha value is 0. The van der Waals surface area contributed by atoms with E-state index in [1.165, 1.54) is 12.8 Å². The molecule has 0 aromatic rings. The first-order chi connectivity index (χ1) is 4.75. The molecular weight excluding hydrogens is 120 g/mol. The van der Waals surface area contributed by atoms with Gasteiger partial charge >= 0.3 is 0 Å². The second-order valence-corrected chi connectivity index (χ2v) is 3.31. The molecule has 0 radical (unpaired) electrons. The molecule has 0 aliphatic heterocycles. The normalized spacial score (nSPS) is 29.4. The lowest BCUT2D eigenvalue weighted by Crippen LogP contribution is -1.90. The summed E-state index contributed by atoms with van der Waals surface area (Å²) in [6, 6.07) is 0. The summed E-state index contributed by atoms with van der Waals surface area (Å²) in [6.45, 7) is 11.0. The van der Waals surface area contributed by atoms with Gasteiger partial charge in [0.1, 0.15) is 0 Å². The molecule has 0 N–H and O–H groups in total. The predicted octanol–water partition coefficient (Wildman–Crippen LogP) is 3.71. The molecule has 0 heterocycles. The van der Waals surface area contributed by atoms with E-state index in [4.69, 9.17) is 0 Å². The quantitative estimate of drug-likeness (QED) is 0.551. The second kappa shape index (κ2) is 4.76. The summed E-state index contributed by atoms with van der Waals surface area (Å²) in [5.41, 5.74) is 0. The van der Waals surface area contributed by atoms with E-state index in [2.05, 4.69) is 20.8 Å². The van der Waals surface area contributed by atoms with Gasteiger partial charge in [0.05, 0.1) is 0 Å². The van der Waals surface area contributed by atoms with Crippen molar-refractivity contribution in [3.8, 4) is 0 Å². The van der Waals surface area contributed by atoms with Gasteiger partial charge in [0, 0.05) is 0 Å². The van der Waals surface area contributed by atoms with Crippen molar-refractivity contribution < 1.29 is 0 Å². The Labute approximate surface area is 66.0 Å². The monoisotopic (exact) mass is 142 g/mol. The van der Waals surface area contributed by atoms with Gasteiger partial charge in [0.2, 0.25) is 0 Å². The maximum absolute atomic E-state index is 2.33. The molecule has 1 fully saturated rings. The second-order valence-electron chi connectivity index (χ2n) is 3.31. The summed E-state index contributed by atoms with van der Waals surface area (Å²) < 4.78 is 0. The summed E-state index contributed by atoms with van der Waals surface area (Å²) in [7, 11) is 0. The zero-order valence-electron chi connectivity index (χ0n) is 8.15. The van der Waals surface area contributed by atoms with Gasteiger partial charge < -0.3 is 0 Å².